The number of nitrogens with zero attached hydrogens (tertiary/aromatic N) is 2. The number of hydrogen-bond acceptors (Lipinski definition) is 6. The highest BCUT2D eigenvalue weighted by molar-refractivity contribution is 6.30. The highest BCUT2D eigenvalue weighted by atomic mass is 35.5. The van der Waals surface area contributed by atoms with E-state index in [-0.39, 0.29) is 31.8 Å². The van der Waals surface area contributed by atoms with Gasteiger partial charge >= 0.3 is 0 Å². The van der Waals surface area contributed by atoms with Crippen LogP contribution in [-0.4, -0.2) is 64.2 Å². The van der Waals surface area contributed by atoms with E-state index in [9.17, 15) is 19.2 Å². The zero-order chi connectivity index (χ0) is 31.9. The summed E-state index contributed by atoms with van der Waals surface area (Å²) >= 11 is 5.92. The van der Waals surface area contributed by atoms with Crippen LogP contribution in [0.25, 0.3) is 6.08 Å². The topological polar surface area (TPSA) is 223 Å². The number of carbonyl (C=O) groups is 4. The molecule has 0 bridgehead atoms. The Hall–Kier alpha value is -5.17. The number of nitrogens with two attached hydrogens (primary N) is 3. The molecular weight excluding hydrogens is 586 g/mol. The quantitative estimate of drug-likeness (QED) is 0.0520. The van der Waals surface area contributed by atoms with E-state index in [1.807, 2.05) is 6.07 Å². The first-order chi connectivity index (χ1) is 21.1. The van der Waals surface area contributed by atoms with E-state index in [4.69, 9.17) is 28.8 Å². The number of halogens is 1. The highest BCUT2D eigenvalue weighted by Gasteiger charge is 2.29. The van der Waals surface area contributed by atoms with Gasteiger partial charge in [-0.25, -0.2) is 4.98 Å². The number of H-pyrrole nitrogens is 1. The predicted octanol–water partition coefficient (Wildman–Crippen LogP) is 0.555. The number of imidazole rings is 1. The van der Waals surface area contributed by atoms with Gasteiger partial charge in [0.2, 0.25) is 23.6 Å². The number of primary amides is 1. The van der Waals surface area contributed by atoms with E-state index in [0.29, 0.717) is 17.1 Å². The fourth-order valence-corrected chi connectivity index (χ4v) is 4.31. The molecule has 44 heavy (non-hydrogen) atoms. The molecule has 3 rings (SSSR count). The first-order valence-corrected chi connectivity index (χ1v) is 14.2. The second-order valence-corrected chi connectivity index (χ2v) is 10.3. The molecule has 1 aromatic heterocycles. The fourth-order valence-electron chi connectivity index (χ4n) is 4.18. The monoisotopic (exact) mass is 621 g/mol. The van der Waals surface area contributed by atoms with Crippen molar-refractivity contribution in [3.63, 3.8) is 0 Å². The molecule has 0 saturated heterocycles. The summed E-state index contributed by atoms with van der Waals surface area (Å²) in [5, 5.41) is 8.64. The summed E-state index contributed by atoms with van der Waals surface area (Å²) in [6.07, 6.45) is 6.61. The number of hydrogen-bond donors (Lipinski definition) is 7. The molecular formula is C30H36ClN9O4. The summed E-state index contributed by atoms with van der Waals surface area (Å²) in [7, 11) is 0. The molecule has 0 spiro atoms. The molecule has 13 nitrogen and oxygen atoms in total. The third kappa shape index (κ3) is 11.6. The van der Waals surface area contributed by atoms with Crippen molar-refractivity contribution < 1.29 is 19.2 Å². The third-order valence-corrected chi connectivity index (χ3v) is 6.68. The average Bonchev–Trinajstić information content (AvgIpc) is 3.51. The van der Waals surface area contributed by atoms with E-state index < -0.39 is 41.8 Å². The maximum Gasteiger partial charge on any atom is 0.244 e. The molecule has 2 aromatic carbocycles. The third-order valence-electron chi connectivity index (χ3n) is 6.43. The minimum absolute atomic E-state index is 0.0702. The smallest absolute Gasteiger partial charge is 0.244 e. The zero-order valence-electron chi connectivity index (χ0n) is 23.9. The lowest BCUT2D eigenvalue weighted by atomic mass is 10.0. The molecule has 3 atom stereocenters. The van der Waals surface area contributed by atoms with Crippen molar-refractivity contribution in [2.75, 3.05) is 6.54 Å². The minimum atomic E-state index is -1.10. The van der Waals surface area contributed by atoms with Gasteiger partial charge in [0.1, 0.15) is 18.1 Å². The van der Waals surface area contributed by atoms with Gasteiger partial charge in [0.25, 0.3) is 0 Å². The molecule has 4 amide bonds. The van der Waals surface area contributed by atoms with E-state index in [0.717, 1.165) is 11.1 Å². The van der Waals surface area contributed by atoms with Crippen LogP contribution in [0.15, 0.2) is 78.2 Å². The van der Waals surface area contributed by atoms with Gasteiger partial charge in [-0.1, -0.05) is 54.1 Å². The minimum Gasteiger partial charge on any atom is -0.370 e. The lowest BCUT2D eigenvalue weighted by Crippen LogP contribution is -2.57. The summed E-state index contributed by atoms with van der Waals surface area (Å²) in [6.45, 7) is 0.244. The summed E-state index contributed by atoms with van der Waals surface area (Å²) in [6, 6.07) is 12.7. The maximum atomic E-state index is 13.6. The van der Waals surface area contributed by atoms with Crippen LogP contribution in [0, 0.1) is 0 Å². The van der Waals surface area contributed by atoms with E-state index in [1.165, 1.54) is 18.6 Å². The average molecular weight is 622 g/mol. The molecule has 14 heteroatoms. The van der Waals surface area contributed by atoms with Gasteiger partial charge in [0.05, 0.1) is 6.33 Å². The predicted molar refractivity (Wildman–Crippen MR) is 168 cm³/mol. The SMILES string of the molecule is NC(=O)[C@@H](CCCN=C(N)N)NC(=O)[C@@H](Cc1ccccc1)NC(=O)[C@H](Cc1cnc[nH]1)NC(=O)/C=C/c1ccc(Cl)cc1. The number of aromatic nitrogens is 2. The highest BCUT2D eigenvalue weighted by Crippen LogP contribution is 2.11. The first kappa shape index (κ1) is 33.3. The van der Waals surface area contributed by atoms with Gasteiger partial charge in [-0.2, -0.15) is 0 Å². The van der Waals surface area contributed by atoms with Crippen LogP contribution >= 0.6 is 11.6 Å². The maximum absolute atomic E-state index is 13.6. The van der Waals surface area contributed by atoms with Gasteiger partial charge < -0.3 is 38.1 Å². The largest absolute Gasteiger partial charge is 0.370 e. The Labute approximate surface area is 259 Å². The van der Waals surface area contributed by atoms with Crippen molar-refractivity contribution >= 4 is 47.3 Å². The molecule has 10 N–H and O–H groups in total. The Morgan fingerprint density at radius 2 is 1.55 bits per heavy atom. The molecule has 0 radical (unpaired) electrons. The number of amides is 4. The Morgan fingerprint density at radius 1 is 0.886 bits per heavy atom. The lowest BCUT2D eigenvalue weighted by molar-refractivity contribution is -0.132. The fraction of sp³-hybridized carbons (Fsp3) is 0.267. The Kier molecular flexibility index (Phi) is 12.9. The van der Waals surface area contributed by atoms with Crippen molar-refractivity contribution in [3.8, 4) is 0 Å². The summed E-state index contributed by atoms with van der Waals surface area (Å²) < 4.78 is 0. The van der Waals surface area contributed by atoms with Crippen molar-refractivity contribution in [1.82, 2.24) is 25.9 Å². The number of nitrogens with one attached hydrogen (secondary N) is 4. The van der Waals surface area contributed by atoms with Crippen LogP contribution in [0.4, 0.5) is 0 Å². The van der Waals surface area contributed by atoms with Crippen molar-refractivity contribution in [1.29, 1.82) is 0 Å². The number of benzene rings is 2. The molecule has 232 valence electrons. The number of aliphatic imine (C=N–C) groups is 1. The molecule has 0 aliphatic rings. The normalized spacial score (nSPS) is 12.9. The first-order valence-electron chi connectivity index (χ1n) is 13.8. The number of carbonyl (C=O) groups excluding carboxylic acids is 4. The molecule has 0 saturated carbocycles. The number of guanidine groups is 1. The van der Waals surface area contributed by atoms with Gasteiger partial charge in [-0.3, -0.25) is 24.2 Å². The Balaban J connectivity index is 1.77. The Morgan fingerprint density at radius 3 is 2.16 bits per heavy atom. The van der Waals surface area contributed by atoms with Gasteiger partial charge in [-0.15, -0.1) is 0 Å². The van der Waals surface area contributed by atoms with Crippen LogP contribution in [0.1, 0.15) is 29.7 Å². The van der Waals surface area contributed by atoms with Gasteiger partial charge in [-0.05, 0) is 42.2 Å². The molecule has 3 aromatic rings. The molecule has 0 aliphatic heterocycles. The molecule has 0 fully saturated rings. The van der Waals surface area contributed by atoms with Gasteiger partial charge in [0.15, 0.2) is 5.96 Å². The summed E-state index contributed by atoms with van der Waals surface area (Å²) in [5.41, 5.74) is 18.3. The molecule has 0 unspecified atom stereocenters. The standard InChI is InChI=1S/C30H36ClN9O4/c31-21-11-8-19(9-12-21)10-13-26(41)38-25(16-22-17-35-18-37-22)29(44)40-24(15-20-5-2-1-3-6-20)28(43)39-23(27(32)42)7-4-14-36-30(33)34/h1-3,5-6,8-13,17-18,23-25H,4,7,14-16H2,(H2,32,42)(H,35,37)(H,38,41)(H,39,43)(H,40,44)(H4,33,34,36)/b13-10+/t23-,24-,25+/m1/s1. The number of rotatable bonds is 16. The zero-order valence-corrected chi connectivity index (χ0v) is 24.7. The van der Waals surface area contributed by atoms with E-state index in [1.54, 1.807) is 54.6 Å². The van der Waals surface area contributed by atoms with Crippen LogP contribution in [0.5, 0.6) is 0 Å². The van der Waals surface area contributed by atoms with Crippen molar-refractivity contribution in [2.45, 2.75) is 43.8 Å². The van der Waals surface area contributed by atoms with E-state index in [2.05, 4.69) is 30.9 Å². The van der Waals surface area contributed by atoms with Crippen LogP contribution < -0.4 is 33.2 Å². The molecule has 0 aliphatic carbocycles. The second-order valence-electron chi connectivity index (χ2n) is 9.89. The van der Waals surface area contributed by atoms with Crippen LogP contribution in [-0.2, 0) is 32.0 Å². The van der Waals surface area contributed by atoms with Gasteiger partial charge in [0, 0.05) is 42.4 Å². The summed E-state index contributed by atoms with van der Waals surface area (Å²) in [4.78, 5) is 62.8. The molecule has 1 heterocycles. The van der Waals surface area contributed by atoms with Crippen LogP contribution in [0.3, 0.4) is 0 Å². The van der Waals surface area contributed by atoms with Crippen molar-refractivity contribution in [3.05, 3.63) is 95.0 Å². The number of aromatic amines is 1. The Bertz CT molecular complexity index is 1440. The summed E-state index contributed by atoms with van der Waals surface area (Å²) in [5.74, 6) is -2.61. The second kappa shape index (κ2) is 17.1. The van der Waals surface area contributed by atoms with E-state index >= 15 is 0 Å². The van der Waals surface area contributed by atoms with Crippen molar-refractivity contribution in [2.24, 2.45) is 22.2 Å². The lowest BCUT2D eigenvalue weighted by Gasteiger charge is -2.24. The van der Waals surface area contributed by atoms with Crippen LogP contribution in [0.2, 0.25) is 5.02 Å².